The van der Waals surface area contributed by atoms with Crippen molar-refractivity contribution in [2.75, 3.05) is 19.6 Å². The first-order chi connectivity index (χ1) is 11.8. The summed E-state index contributed by atoms with van der Waals surface area (Å²) in [5.41, 5.74) is 6.20. The van der Waals surface area contributed by atoms with Gasteiger partial charge in [-0.15, -0.1) is 0 Å². The largest absolute Gasteiger partial charge is 0.340 e. The van der Waals surface area contributed by atoms with Crippen LogP contribution in [0.1, 0.15) is 45.1 Å². The summed E-state index contributed by atoms with van der Waals surface area (Å²) in [7, 11) is 0. The van der Waals surface area contributed by atoms with Crippen molar-refractivity contribution < 1.29 is 9.59 Å². The molecule has 1 atom stereocenters. The van der Waals surface area contributed by atoms with Gasteiger partial charge in [0, 0.05) is 50.4 Å². The summed E-state index contributed by atoms with van der Waals surface area (Å²) in [6.45, 7) is 6.27. The Labute approximate surface area is 149 Å². The molecule has 2 fully saturated rings. The average molecular weight is 344 g/mol. The van der Waals surface area contributed by atoms with Crippen molar-refractivity contribution in [3.8, 4) is 0 Å². The fourth-order valence-corrected chi connectivity index (χ4v) is 4.08. The number of pyridine rings is 1. The minimum absolute atomic E-state index is 0.00212. The van der Waals surface area contributed by atoms with Crippen molar-refractivity contribution in [2.24, 2.45) is 11.1 Å². The molecular weight excluding hydrogens is 316 g/mol. The molecule has 2 N–H and O–H groups in total. The Bertz CT molecular complexity index is 641. The maximum Gasteiger partial charge on any atom is 0.242 e. The second-order valence-electron chi connectivity index (χ2n) is 8.16. The predicted molar refractivity (Wildman–Crippen MR) is 95.4 cm³/mol. The highest BCUT2D eigenvalue weighted by atomic mass is 16.2. The van der Waals surface area contributed by atoms with Gasteiger partial charge in [-0.05, 0) is 44.7 Å². The highest BCUT2D eigenvalue weighted by Gasteiger charge is 2.44. The van der Waals surface area contributed by atoms with Gasteiger partial charge in [-0.3, -0.25) is 14.6 Å². The van der Waals surface area contributed by atoms with Crippen LogP contribution in [0.5, 0.6) is 0 Å². The van der Waals surface area contributed by atoms with E-state index in [2.05, 4.69) is 4.98 Å². The lowest BCUT2D eigenvalue weighted by atomic mass is 9.73. The highest BCUT2D eigenvalue weighted by Crippen LogP contribution is 2.39. The predicted octanol–water partition coefficient (Wildman–Crippen LogP) is 1.55. The van der Waals surface area contributed by atoms with Crippen molar-refractivity contribution in [1.82, 2.24) is 14.8 Å². The van der Waals surface area contributed by atoms with E-state index in [0.29, 0.717) is 26.1 Å². The second kappa shape index (κ2) is 6.75. The number of carbonyl (C=O) groups excluding carboxylic acids is 2. The van der Waals surface area contributed by atoms with E-state index < -0.39 is 5.54 Å². The monoisotopic (exact) mass is 344 g/mol. The summed E-state index contributed by atoms with van der Waals surface area (Å²) < 4.78 is 0. The molecule has 25 heavy (non-hydrogen) atoms. The summed E-state index contributed by atoms with van der Waals surface area (Å²) in [5, 5.41) is 0. The smallest absolute Gasteiger partial charge is 0.242 e. The average Bonchev–Trinajstić information content (AvgIpc) is 2.58. The van der Waals surface area contributed by atoms with Crippen LogP contribution >= 0.6 is 0 Å². The van der Waals surface area contributed by atoms with E-state index in [4.69, 9.17) is 5.73 Å². The molecule has 2 aliphatic heterocycles. The number of carbonyl (C=O) groups is 2. The molecule has 3 rings (SSSR count). The summed E-state index contributed by atoms with van der Waals surface area (Å²) in [6.07, 6.45) is 6.97. The van der Waals surface area contributed by atoms with Gasteiger partial charge in [-0.2, -0.15) is 0 Å². The lowest BCUT2D eigenvalue weighted by Gasteiger charge is -2.49. The number of hydrogen-bond donors (Lipinski definition) is 1. The number of nitrogens with two attached hydrogens (primary N) is 1. The number of amides is 2. The normalized spacial score (nSPS) is 24.7. The van der Waals surface area contributed by atoms with Gasteiger partial charge < -0.3 is 15.5 Å². The number of nitrogens with zero attached hydrogens (tertiary/aromatic N) is 3. The van der Waals surface area contributed by atoms with Gasteiger partial charge in [-0.1, -0.05) is 6.07 Å². The molecule has 0 bridgehead atoms. The van der Waals surface area contributed by atoms with Crippen LogP contribution in [-0.4, -0.2) is 51.8 Å². The lowest BCUT2D eigenvalue weighted by Crippen LogP contribution is -2.59. The molecule has 0 saturated carbocycles. The molecule has 6 heteroatoms. The van der Waals surface area contributed by atoms with Crippen LogP contribution in [0, 0.1) is 5.41 Å². The number of piperidine rings is 2. The summed E-state index contributed by atoms with van der Waals surface area (Å²) in [6, 6.07) is 3.89. The van der Waals surface area contributed by atoms with Crippen LogP contribution < -0.4 is 5.73 Å². The van der Waals surface area contributed by atoms with E-state index in [1.165, 1.54) is 0 Å². The van der Waals surface area contributed by atoms with Crippen LogP contribution in [0.3, 0.4) is 0 Å². The third kappa shape index (κ3) is 4.00. The van der Waals surface area contributed by atoms with Crippen LogP contribution in [0.15, 0.2) is 24.5 Å². The maximum atomic E-state index is 12.6. The molecule has 0 unspecified atom stereocenters. The molecule has 3 heterocycles. The van der Waals surface area contributed by atoms with Gasteiger partial charge in [0.15, 0.2) is 0 Å². The standard InChI is InChI=1S/C19H28N4O2/c1-18(2,20)17(25)22-10-4-7-19(13-22)8-6-16(24)23(14-19)12-15-5-3-9-21-11-15/h3,5,9,11H,4,6-8,10,12-14,20H2,1-2H3/t19-/m1/s1. The Morgan fingerprint density at radius 2 is 2.16 bits per heavy atom. The van der Waals surface area contributed by atoms with Crippen LogP contribution in [0.4, 0.5) is 0 Å². The van der Waals surface area contributed by atoms with Crippen molar-refractivity contribution in [1.29, 1.82) is 0 Å². The zero-order valence-electron chi connectivity index (χ0n) is 15.2. The zero-order chi connectivity index (χ0) is 18.1. The number of aromatic nitrogens is 1. The second-order valence-corrected chi connectivity index (χ2v) is 8.16. The Balaban J connectivity index is 1.72. The molecule has 1 spiro atoms. The van der Waals surface area contributed by atoms with E-state index >= 15 is 0 Å². The quantitative estimate of drug-likeness (QED) is 0.902. The Kier molecular flexibility index (Phi) is 4.82. The topological polar surface area (TPSA) is 79.5 Å². The first-order valence-corrected chi connectivity index (χ1v) is 9.04. The number of likely N-dealkylation sites (tertiary alicyclic amines) is 2. The Hall–Kier alpha value is -1.95. The van der Waals surface area contributed by atoms with Gasteiger partial charge in [0.2, 0.25) is 11.8 Å². The SMILES string of the molecule is CC(C)(N)C(=O)N1CCC[C@@]2(CCC(=O)N(Cc3cccnc3)C2)C1. The fraction of sp³-hybridized carbons (Fsp3) is 0.632. The highest BCUT2D eigenvalue weighted by molar-refractivity contribution is 5.85. The third-order valence-electron chi connectivity index (χ3n) is 5.34. The molecule has 0 aliphatic carbocycles. The first kappa shape index (κ1) is 17.9. The molecule has 2 aliphatic rings. The van der Waals surface area contributed by atoms with Crippen molar-refractivity contribution >= 4 is 11.8 Å². The van der Waals surface area contributed by atoms with Gasteiger partial charge in [0.1, 0.15) is 0 Å². The molecule has 2 amide bonds. The summed E-state index contributed by atoms with van der Waals surface area (Å²) in [4.78, 5) is 33.0. The van der Waals surface area contributed by atoms with E-state index in [0.717, 1.165) is 31.4 Å². The first-order valence-electron chi connectivity index (χ1n) is 9.04. The van der Waals surface area contributed by atoms with Crippen molar-refractivity contribution in [3.63, 3.8) is 0 Å². The number of rotatable bonds is 3. The maximum absolute atomic E-state index is 12.6. The molecular formula is C19H28N4O2. The number of hydrogen-bond acceptors (Lipinski definition) is 4. The van der Waals surface area contributed by atoms with E-state index in [-0.39, 0.29) is 17.2 Å². The molecule has 6 nitrogen and oxygen atoms in total. The summed E-state index contributed by atoms with van der Waals surface area (Å²) in [5.74, 6) is 0.194. The van der Waals surface area contributed by atoms with Crippen LogP contribution in [0.2, 0.25) is 0 Å². The zero-order valence-corrected chi connectivity index (χ0v) is 15.2. The minimum Gasteiger partial charge on any atom is -0.340 e. The Morgan fingerprint density at radius 3 is 2.84 bits per heavy atom. The van der Waals surface area contributed by atoms with Crippen molar-refractivity contribution in [3.05, 3.63) is 30.1 Å². The lowest BCUT2D eigenvalue weighted by molar-refractivity contribution is -0.145. The van der Waals surface area contributed by atoms with Gasteiger partial charge in [0.25, 0.3) is 0 Å². The van der Waals surface area contributed by atoms with Crippen molar-refractivity contribution in [2.45, 2.75) is 51.6 Å². The molecule has 136 valence electrons. The third-order valence-corrected chi connectivity index (χ3v) is 5.34. The van der Waals surface area contributed by atoms with E-state index in [1.807, 2.05) is 28.1 Å². The van der Waals surface area contributed by atoms with Crippen LogP contribution in [-0.2, 0) is 16.1 Å². The molecule has 0 radical (unpaired) electrons. The summed E-state index contributed by atoms with van der Waals surface area (Å²) >= 11 is 0. The molecule has 0 aromatic carbocycles. The van der Waals surface area contributed by atoms with Gasteiger partial charge in [-0.25, -0.2) is 0 Å². The fourth-order valence-electron chi connectivity index (χ4n) is 4.08. The van der Waals surface area contributed by atoms with Crippen LogP contribution in [0.25, 0.3) is 0 Å². The van der Waals surface area contributed by atoms with Gasteiger partial charge >= 0.3 is 0 Å². The van der Waals surface area contributed by atoms with Gasteiger partial charge in [0.05, 0.1) is 5.54 Å². The van der Waals surface area contributed by atoms with E-state index in [9.17, 15) is 9.59 Å². The Morgan fingerprint density at radius 1 is 1.36 bits per heavy atom. The van der Waals surface area contributed by atoms with E-state index in [1.54, 1.807) is 20.0 Å². The molecule has 1 aromatic rings. The minimum atomic E-state index is -0.849. The molecule has 1 aromatic heterocycles. The molecule has 2 saturated heterocycles.